The zero-order valence-corrected chi connectivity index (χ0v) is 14.3. The SMILES string of the molecule is CCC(C)(C)c1ccc(C(=O)O)c(C(C)(C)CC)c1C(=O)O. The number of aromatic carboxylic acids is 2. The van der Waals surface area contributed by atoms with Crippen LogP contribution in [0.5, 0.6) is 0 Å². The topological polar surface area (TPSA) is 74.6 Å². The molecule has 0 aliphatic carbocycles. The van der Waals surface area contributed by atoms with Gasteiger partial charge in [0.25, 0.3) is 0 Å². The number of benzene rings is 1. The molecule has 0 amide bonds. The van der Waals surface area contributed by atoms with Crippen LogP contribution < -0.4 is 0 Å². The number of hydrogen-bond acceptors (Lipinski definition) is 2. The summed E-state index contributed by atoms with van der Waals surface area (Å²) >= 11 is 0. The van der Waals surface area contributed by atoms with Gasteiger partial charge in [0.2, 0.25) is 0 Å². The summed E-state index contributed by atoms with van der Waals surface area (Å²) < 4.78 is 0. The van der Waals surface area contributed by atoms with E-state index in [1.54, 1.807) is 12.1 Å². The molecular formula is C18H26O4. The lowest BCUT2D eigenvalue weighted by Gasteiger charge is -2.32. The van der Waals surface area contributed by atoms with Gasteiger partial charge in [0.15, 0.2) is 0 Å². The van der Waals surface area contributed by atoms with E-state index < -0.39 is 17.4 Å². The number of carboxylic acid groups (broad SMARTS) is 2. The largest absolute Gasteiger partial charge is 0.478 e. The zero-order chi connectivity index (χ0) is 17.3. The number of rotatable bonds is 6. The van der Waals surface area contributed by atoms with Gasteiger partial charge in [-0.3, -0.25) is 0 Å². The summed E-state index contributed by atoms with van der Waals surface area (Å²) in [4.78, 5) is 23.5. The lowest BCUT2D eigenvalue weighted by atomic mass is 9.71. The summed E-state index contributed by atoms with van der Waals surface area (Å²) in [5.74, 6) is -2.14. The van der Waals surface area contributed by atoms with Crippen molar-refractivity contribution in [3.8, 4) is 0 Å². The molecule has 1 rings (SSSR count). The Balaban J connectivity index is 3.93. The van der Waals surface area contributed by atoms with Crippen molar-refractivity contribution in [1.82, 2.24) is 0 Å². The maximum Gasteiger partial charge on any atom is 0.336 e. The molecule has 1 aromatic rings. The van der Waals surface area contributed by atoms with E-state index in [0.29, 0.717) is 17.5 Å². The monoisotopic (exact) mass is 306 g/mol. The van der Waals surface area contributed by atoms with Crippen LogP contribution in [-0.2, 0) is 10.8 Å². The van der Waals surface area contributed by atoms with Crippen molar-refractivity contribution < 1.29 is 19.8 Å². The molecule has 0 saturated carbocycles. The molecular weight excluding hydrogens is 280 g/mol. The molecule has 4 heteroatoms. The smallest absolute Gasteiger partial charge is 0.336 e. The summed E-state index contributed by atoms with van der Waals surface area (Å²) in [6.07, 6.45) is 1.43. The minimum absolute atomic E-state index is 0.0832. The van der Waals surface area contributed by atoms with Gasteiger partial charge in [-0.05, 0) is 40.9 Å². The van der Waals surface area contributed by atoms with Gasteiger partial charge >= 0.3 is 11.9 Å². The summed E-state index contributed by atoms with van der Waals surface area (Å²) in [5.41, 5.74) is 0.501. The van der Waals surface area contributed by atoms with Crippen LogP contribution in [0.3, 0.4) is 0 Å². The van der Waals surface area contributed by atoms with Gasteiger partial charge in [-0.15, -0.1) is 0 Å². The maximum atomic E-state index is 11.9. The summed E-state index contributed by atoms with van der Waals surface area (Å²) in [6, 6.07) is 3.21. The number of carbonyl (C=O) groups is 2. The van der Waals surface area contributed by atoms with Crippen LogP contribution >= 0.6 is 0 Å². The Labute approximate surface area is 132 Å². The van der Waals surface area contributed by atoms with Crippen LogP contribution in [-0.4, -0.2) is 22.2 Å². The predicted molar refractivity (Wildman–Crippen MR) is 87.0 cm³/mol. The quantitative estimate of drug-likeness (QED) is 0.813. The first-order valence-electron chi connectivity index (χ1n) is 7.64. The Kier molecular flexibility index (Phi) is 5.06. The summed E-state index contributed by atoms with van der Waals surface area (Å²) in [5, 5.41) is 19.3. The van der Waals surface area contributed by atoms with E-state index in [1.165, 1.54) is 0 Å². The van der Waals surface area contributed by atoms with Crippen molar-refractivity contribution in [2.45, 2.75) is 65.2 Å². The van der Waals surface area contributed by atoms with Crippen LogP contribution in [0.2, 0.25) is 0 Å². The molecule has 0 unspecified atom stereocenters. The molecule has 0 aromatic heterocycles. The van der Waals surface area contributed by atoms with E-state index in [-0.39, 0.29) is 16.5 Å². The van der Waals surface area contributed by atoms with Gasteiger partial charge < -0.3 is 10.2 Å². The van der Waals surface area contributed by atoms with E-state index in [4.69, 9.17) is 0 Å². The molecule has 0 spiro atoms. The van der Waals surface area contributed by atoms with Crippen molar-refractivity contribution in [3.05, 3.63) is 34.4 Å². The molecule has 22 heavy (non-hydrogen) atoms. The normalized spacial score (nSPS) is 12.3. The molecule has 0 atom stereocenters. The third-order valence-corrected chi connectivity index (χ3v) is 4.82. The minimum atomic E-state index is -1.08. The van der Waals surface area contributed by atoms with E-state index in [0.717, 1.165) is 6.42 Å². The second kappa shape index (κ2) is 6.11. The van der Waals surface area contributed by atoms with Crippen LogP contribution in [0.25, 0.3) is 0 Å². The highest BCUT2D eigenvalue weighted by atomic mass is 16.4. The van der Waals surface area contributed by atoms with Crippen molar-refractivity contribution >= 4 is 11.9 Å². The standard InChI is InChI=1S/C18H26O4/c1-7-17(3,4)12-10-9-11(15(19)20)14(13(12)16(21)22)18(5,6)8-2/h9-10H,7-8H2,1-6H3,(H,19,20)(H,21,22). The van der Waals surface area contributed by atoms with Crippen molar-refractivity contribution in [2.24, 2.45) is 0 Å². The third-order valence-electron chi connectivity index (χ3n) is 4.82. The molecule has 0 aliphatic heterocycles. The average molecular weight is 306 g/mol. The molecule has 0 bridgehead atoms. The van der Waals surface area contributed by atoms with Gasteiger partial charge in [-0.1, -0.05) is 47.6 Å². The summed E-state index contributed by atoms with van der Waals surface area (Å²) in [6.45, 7) is 11.7. The molecule has 122 valence electrons. The Bertz CT molecular complexity index is 597. The molecule has 0 aliphatic rings. The predicted octanol–water partition coefficient (Wildman–Crippen LogP) is 4.46. The summed E-state index contributed by atoms with van der Waals surface area (Å²) in [7, 11) is 0. The fourth-order valence-electron chi connectivity index (χ4n) is 2.64. The van der Waals surface area contributed by atoms with Gasteiger partial charge in [0.05, 0.1) is 11.1 Å². The van der Waals surface area contributed by atoms with Crippen LogP contribution in [0.1, 0.15) is 86.2 Å². The highest BCUT2D eigenvalue weighted by molar-refractivity contribution is 5.98. The number of carboxylic acids is 2. The molecule has 0 saturated heterocycles. The fraction of sp³-hybridized carbons (Fsp3) is 0.556. The maximum absolute atomic E-state index is 11.9. The molecule has 0 fully saturated rings. The molecule has 0 radical (unpaired) electrons. The first-order valence-corrected chi connectivity index (χ1v) is 7.64. The first-order chi connectivity index (χ1) is 9.99. The minimum Gasteiger partial charge on any atom is -0.478 e. The van der Waals surface area contributed by atoms with Crippen molar-refractivity contribution in [1.29, 1.82) is 0 Å². The lowest BCUT2D eigenvalue weighted by Crippen LogP contribution is -2.29. The third kappa shape index (κ3) is 3.16. The lowest BCUT2D eigenvalue weighted by molar-refractivity contribution is 0.0689. The van der Waals surface area contributed by atoms with Crippen molar-refractivity contribution in [2.75, 3.05) is 0 Å². The highest BCUT2D eigenvalue weighted by Crippen LogP contribution is 2.39. The van der Waals surface area contributed by atoms with Crippen LogP contribution in [0.4, 0.5) is 0 Å². The van der Waals surface area contributed by atoms with Gasteiger partial charge in [0, 0.05) is 0 Å². The van der Waals surface area contributed by atoms with Crippen molar-refractivity contribution in [3.63, 3.8) is 0 Å². The second-order valence-corrected chi connectivity index (χ2v) is 7.00. The molecule has 2 N–H and O–H groups in total. The highest BCUT2D eigenvalue weighted by Gasteiger charge is 2.35. The number of hydrogen-bond donors (Lipinski definition) is 2. The van der Waals surface area contributed by atoms with E-state index in [2.05, 4.69) is 0 Å². The molecule has 1 aromatic carbocycles. The fourth-order valence-corrected chi connectivity index (χ4v) is 2.64. The zero-order valence-electron chi connectivity index (χ0n) is 14.3. The Morgan fingerprint density at radius 1 is 0.909 bits per heavy atom. The Morgan fingerprint density at radius 2 is 1.41 bits per heavy atom. The Morgan fingerprint density at radius 3 is 1.77 bits per heavy atom. The molecule has 4 nitrogen and oxygen atoms in total. The van der Waals surface area contributed by atoms with Gasteiger partial charge in [-0.25, -0.2) is 9.59 Å². The average Bonchev–Trinajstić information content (AvgIpc) is 2.45. The van der Waals surface area contributed by atoms with Gasteiger partial charge in [0.1, 0.15) is 0 Å². The molecule has 0 heterocycles. The van der Waals surface area contributed by atoms with Crippen LogP contribution in [0.15, 0.2) is 12.1 Å². The van der Waals surface area contributed by atoms with Crippen LogP contribution in [0, 0.1) is 0 Å². The Hall–Kier alpha value is -1.84. The second-order valence-electron chi connectivity index (χ2n) is 7.00. The van der Waals surface area contributed by atoms with E-state index in [1.807, 2.05) is 41.5 Å². The van der Waals surface area contributed by atoms with Gasteiger partial charge in [-0.2, -0.15) is 0 Å². The van der Waals surface area contributed by atoms with E-state index >= 15 is 0 Å². The van der Waals surface area contributed by atoms with E-state index in [9.17, 15) is 19.8 Å². The first kappa shape index (κ1) is 18.2.